The van der Waals surface area contributed by atoms with Crippen molar-refractivity contribution in [2.45, 2.75) is 30.8 Å². The average molecular weight is 203 g/mol. The van der Waals surface area contributed by atoms with Crippen LogP contribution in [0.1, 0.15) is 17.8 Å². The van der Waals surface area contributed by atoms with Crippen LogP contribution in [0.2, 0.25) is 0 Å². The lowest BCUT2D eigenvalue weighted by atomic mass is 9.92. The lowest BCUT2D eigenvalue weighted by molar-refractivity contribution is 0.345. The van der Waals surface area contributed by atoms with Crippen molar-refractivity contribution in [3.63, 3.8) is 0 Å². The molecule has 1 heterocycles. The number of aromatic nitrogens is 1. The molecule has 2 rings (SSSR count). The van der Waals surface area contributed by atoms with Crippen LogP contribution in [0.5, 0.6) is 0 Å². The molecule has 1 aliphatic rings. The van der Waals surface area contributed by atoms with Gasteiger partial charge in [-0.15, -0.1) is 22.9 Å². The van der Waals surface area contributed by atoms with E-state index in [2.05, 4.69) is 10.3 Å². The van der Waals surface area contributed by atoms with Gasteiger partial charge in [-0.25, -0.2) is 4.98 Å². The summed E-state index contributed by atoms with van der Waals surface area (Å²) in [6, 6.07) is 0.622. The normalized spacial score (nSPS) is 28.4. The third kappa shape index (κ3) is 1.97. The zero-order chi connectivity index (χ0) is 8.39. The lowest BCUT2D eigenvalue weighted by Crippen LogP contribution is -2.41. The molecule has 1 aliphatic carbocycles. The summed E-state index contributed by atoms with van der Waals surface area (Å²) in [6.45, 7) is 0.895. The van der Waals surface area contributed by atoms with Gasteiger partial charge in [0.15, 0.2) is 0 Å². The fourth-order valence-corrected chi connectivity index (χ4v) is 2.28. The van der Waals surface area contributed by atoms with Crippen LogP contribution in [0.4, 0.5) is 0 Å². The number of hydrogen-bond acceptors (Lipinski definition) is 3. The maximum absolute atomic E-state index is 5.85. The Labute approximate surface area is 81.0 Å². The molecule has 1 saturated carbocycles. The molecule has 0 atom stereocenters. The molecule has 66 valence electrons. The van der Waals surface area contributed by atoms with Crippen molar-refractivity contribution in [2.24, 2.45) is 0 Å². The third-order valence-corrected chi connectivity index (χ3v) is 3.24. The van der Waals surface area contributed by atoms with Crippen LogP contribution in [0, 0.1) is 0 Å². The van der Waals surface area contributed by atoms with Crippen molar-refractivity contribution >= 4 is 22.9 Å². The highest BCUT2D eigenvalue weighted by Gasteiger charge is 2.26. The number of halogens is 1. The van der Waals surface area contributed by atoms with Crippen molar-refractivity contribution in [3.05, 3.63) is 16.6 Å². The second-order valence-electron chi connectivity index (χ2n) is 3.07. The predicted molar refractivity (Wildman–Crippen MR) is 51.6 cm³/mol. The Bertz CT molecular complexity index is 231. The Morgan fingerprint density at radius 1 is 1.67 bits per heavy atom. The summed E-state index contributed by atoms with van der Waals surface area (Å²) in [7, 11) is 0. The first-order valence-corrected chi connectivity index (χ1v) is 5.42. The molecule has 0 saturated heterocycles. The molecule has 1 fully saturated rings. The molecular formula is C8H11ClN2S. The molecule has 0 radical (unpaired) electrons. The van der Waals surface area contributed by atoms with Crippen LogP contribution < -0.4 is 5.32 Å². The molecule has 0 amide bonds. The Morgan fingerprint density at radius 3 is 3.08 bits per heavy atom. The zero-order valence-corrected chi connectivity index (χ0v) is 8.24. The van der Waals surface area contributed by atoms with E-state index in [1.807, 2.05) is 11.6 Å². The van der Waals surface area contributed by atoms with E-state index >= 15 is 0 Å². The summed E-state index contributed by atoms with van der Waals surface area (Å²) in [5.74, 6) is 0. The van der Waals surface area contributed by atoms with E-state index in [-0.39, 0.29) is 0 Å². The van der Waals surface area contributed by atoms with E-state index in [1.54, 1.807) is 11.3 Å². The highest BCUT2D eigenvalue weighted by Crippen LogP contribution is 2.25. The van der Waals surface area contributed by atoms with Gasteiger partial charge in [0.25, 0.3) is 0 Å². The Balaban J connectivity index is 1.70. The van der Waals surface area contributed by atoms with Crippen LogP contribution in [0.15, 0.2) is 11.6 Å². The molecule has 1 aromatic heterocycles. The van der Waals surface area contributed by atoms with E-state index in [1.165, 1.54) is 0 Å². The van der Waals surface area contributed by atoms with Gasteiger partial charge in [0.1, 0.15) is 5.01 Å². The van der Waals surface area contributed by atoms with Crippen molar-refractivity contribution in [1.82, 2.24) is 10.3 Å². The van der Waals surface area contributed by atoms with E-state index in [0.717, 1.165) is 24.4 Å². The molecule has 0 aromatic carbocycles. The van der Waals surface area contributed by atoms with Gasteiger partial charge in [0, 0.05) is 29.5 Å². The van der Waals surface area contributed by atoms with E-state index in [4.69, 9.17) is 11.6 Å². The number of hydrogen-bond donors (Lipinski definition) is 1. The molecule has 2 nitrogen and oxygen atoms in total. The van der Waals surface area contributed by atoms with Crippen LogP contribution in [0.3, 0.4) is 0 Å². The summed E-state index contributed by atoms with van der Waals surface area (Å²) in [5, 5.41) is 6.98. The molecule has 0 aliphatic heterocycles. The van der Waals surface area contributed by atoms with E-state index in [9.17, 15) is 0 Å². The molecule has 1 N–H and O–H groups in total. The average Bonchev–Trinajstić information content (AvgIpc) is 2.47. The van der Waals surface area contributed by atoms with E-state index < -0.39 is 0 Å². The lowest BCUT2D eigenvalue weighted by Gasteiger charge is -2.31. The standard InChI is InChI=1S/C8H11ClN2S/c9-6-3-7(4-6)11-5-8-10-1-2-12-8/h1-2,6-7,11H,3-5H2. The third-order valence-electron chi connectivity index (χ3n) is 2.11. The van der Waals surface area contributed by atoms with Crippen molar-refractivity contribution in [2.75, 3.05) is 0 Å². The van der Waals surface area contributed by atoms with Crippen molar-refractivity contribution in [3.8, 4) is 0 Å². The number of thiazole rings is 1. The number of nitrogens with one attached hydrogen (secondary N) is 1. The van der Waals surface area contributed by atoms with E-state index in [0.29, 0.717) is 11.4 Å². The maximum atomic E-state index is 5.85. The molecule has 4 heteroatoms. The summed E-state index contributed by atoms with van der Waals surface area (Å²) >= 11 is 7.55. The first kappa shape index (κ1) is 8.48. The van der Waals surface area contributed by atoms with Gasteiger partial charge in [-0.1, -0.05) is 0 Å². The molecular weight excluding hydrogens is 192 g/mol. The van der Waals surface area contributed by atoms with Gasteiger partial charge in [-0.2, -0.15) is 0 Å². The smallest absolute Gasteiger partial charge is 0.106 e. The van der Waals surface area contributed by atoms with Crippen LogP contribution >= 0.6 is 22.9 Å². The quantitative estimate of drug-likeness (QED) is 0.759. The topological polar surface area (TPSA) is 24.9 Å². The first-order chi connectivity index (χ1) is 5.84. The number of nitrogens with zero attached hydrogens (tertiary/aromatic N) is 1. The van der Waals surface area contributed by atoms with Crippen molar-refractivity contribution in [1.29, 1.82) is 0 Å². The molecule has 0 spiro atoms. The monoisotopic (exact) mass is 202 g/mol. The summed E-state index contributed by atoms with van der Waals surface area (Å²) in [5.41, 5.74) is 0. The Hall–Kier alpha value is -0.120. The summed E-state index contributed by atoms with van der Waals surface area (Å²) in [6.07, 6.45) is 4.05. The first-order valence-electron chi connectivity index (χ1n) is 4.10. The van der Waals surface area contributed by atoms with Gasteiger partial charge < -0.3 is 5.32 Å². The highest BCUT2D eigenvalue weighted by atomic mass is 35.5. The van der Waals surface area contributed by atoms with Crippen LogP contribution in [-0.4, -0.2) is 16.4 Å². The fraction of sp³-hybridized carbons (Fsp3) is 0.625. The molecule has 0 bridgehead atoms. The molecule has 0 unspecified atom stereocenters. The predicted octanol–water partition coefficient (Wildman–Crippen LogP) is 2.00. The minimum Gasteiger partial charge on any atom is -0.308 e. The highest BCUT2D eigenvalue weighted by molar-refractivity contribution is 7.09. The van der Waals surface area contributed by atoms with Crippen LogP contribution in [-0.2, 0) is 6.54 Å². The SMILES string of the molecule is ClC1CC(NCc2nccs2)C1. The fourth-order valence-electron chi connectivity index (χ4n) is 1.29. The molecule has 12 heavy (non-hydrogen) atoms. The van der Waals surface area contributed by atoms with Gasteiger partial charge >= 0.3 is 0 Å². The van der Waals surface area contributed by atoms with Gasteiger partial charge in [-0.3, -0.25) is 0 Å². The minimum absolute atomic E-state index is 0.402. The van der Waals surface area contributed by atoms with Gasteiger partial charge in [0.2, 0.25) is 0 Å². The maximum Gasteiger partial charge on any atom is 0.106 e. The van der Waals surface area contributed by atoms with Gasteiger partial charge in [-0.05, 0) is 12.8 Å². The molecule has 1 aromatic rings. The number of rotatable bonds is 3. The van der Waals surface area contributed by atoms with Gasteiger partial charge in [0.05, 0.1) is 0 Å². The minimum atomic E-state index is 0.402. The zero-order valence-electron chi connectivity index (χ0n) is 6.66. The Morgan fingerprint density at radius 2 is 2.50 bits per heavy atom. The summed E-state index contributed by atoms with van der Waals surface area (Å²) in [4.78, 5) is 4.19. The number of alkyl halides is 1. The Kier molecular flexibility index (Phi) is 2.63. The summed E-state index contributed by atoms with van der Waals surface area (Å²) < 4.78 is 0. The second-order valence-corrected chi connectivity index (χ2v) is 4.67. The second kappa shape index (κ2) is 3.73. The largest absolute Gasteiger partial charge is 0.308 e. The van der Waals surface area contributed by atoms with Crippen molar-refractivity contribution < 1.29 is 0 Å². The van der Waals surface area contributed by atoms with Crippen LogP contribution in [0.25, 0.3) is 0 Å².